The molecule has 6 heteroatoms. The molecule has 2 amide bonds. The van der Waals surface area contributed by atoms with Crippen molar-refractivity contribution in [2.24, 2.45) is 0 Å². The fraction of sp³-hybridized carbons (Fsp3) is 0.385. The van der Waals surface area contributed by atoms with E-state index in [2.05, 4.69) is 15.4 Å². The number of aryl methyl sites for hydroxylation is 1. The van der Waals surface area contributed by atoms with Gasteiger partial charge >= 0.3 is 12.0 Å². The second-order valence-electron chi connectivity index (χ2n) is 4.03. The number of urea groups is 1. The molecule has 0 spiro atoms. The summed E-state index contributed by atoms with van der Waals surface area (Å²) in [5.41, 5.74) is 8.33. The van der Waals surface area contributed by atoms with E-state index in [0.29, 0.717) is 13.2 Å². The van der Waals surface area contributed by atoms with Gasteiger partial charge in [0.25, 0.3) is 0 Å². The highest BCUT2D eigenvalue weighted by atomic mass is 16.5. The number of nitrogens with two attached hydrogens (primary N) is 1. The molecule has 0 atom stereocenters. The smallest absolute Gasteiger partial charge is 0.325 e. The number of ether oxygens (including phenoxy) is 1. The van der Waals surface area contributed by atoms with Crippen molar-refractivity contribution in [3.8, 4) is 0 Å². The van der Waals surface area contributed by atoms with E-state index in [1.54, 1.807) is 13.0 Å². The number of carbonyl (C=O) groups excluding carboxylic acids is 2. The maximum absolute atomic E-state index is 11.4. The summed E-state index contributed by atoms with van der Waals surface area (Å²) in [7, 11) is 0. The van der Waals surface area contributed by atoms with Crippen molar-refractivity contribution in [1.82, 2.24) is 10.6 Å². The van der Waals surface area contributed by atoms with Crippen molar-refractivity contribution in [2.75, 3.05) is 18.9 Å². The number of benzene rings is 1. The van der Waals surface area contributed by atoms with Gasteiger partial charge in [0, 0.05) is 12.2 Å². The van der Waals surface area contributed by atoms with E-state index < -0.39 is 12.0 Å². The number of hydrogen-bond acceptors (Lipinski definition) is 4. The molecular weight excluding hydrogens is 246 g/mol. The first-order chi connectivity index (χ1) is 9.02. The predicted molar refractivity (Wildman–Crippen MR) is 72.5 cm³/mol. The second-order valence-corrected chi connectivity index (χ2v) is 4.03. The highest BCUT2D eigenvalue weighted by Gasteiger charge is 2.05. The van der Waals surface area contributed by atoms with Gasteiger partial charge in [0.15, 0.2) is 0 Å². The van der Waals surface area contributed by atoms with Crippen LogP contribution in [0.15, 0.2) is 18.2 Å². The molecule has 0 bridgehead atoms. The van der Waals surface area contributed by atoms with Crippen LogP contribution in [-0.4, -0.2) is 25.2 Å². The van der Waals surface area contributed by atoms with Crippen LogP contribution < -0.4 is 16.4 Å². The first-order valence-corrected chi connectivity index (χ1v) is 6.05. The maximum atomic E-state index is 11.4. The average Bonchev–Trinajstić information content (AvgIpc) is 2.38. The van der Waals surface area contributed by atoms with Gasteiger partial charge in [0.05, 0.1) is 6.61 Å². The number of esters is 1. The second kappa shape index (κ2) is 7.25. The highest BCUT2D eigenvalue weighted by molar-refractivity contribution is 5.80. The zero-order valence-electron chi connectivity index (χ0n) is 11.2. The normalized spacial score (nSPS) is 9.79. The lowest BCUT2D eigenvalue weighted by molar-refractivity contribution is -0.141. The molecule has 19 heavy (non-hydrogen) atoms. The van der Waals surface area contributed by atoms with Crippen molar-refractivity contribution < 1.29 is 14.3 Å². The maximum Gasteiger partial charge on any atom is 0.325 e. The summed E-state index contributed by atoms with van der Waals surface area (Å²) in [6.07, 6.45) is 0. The Morgan fingerprint density at radius 2 is 2.05 bits per heavy atom. The quantitative estimate of drug-likeness (QED) is 0.545. The molecular formula is C13H19N3O3. The van der Waals surface area contributed by atoms with E-state index in [0.717, 1.165) is 16.8 Å². The minimum atomic E-state index is -0.457. The van der Waals surface area contributed by atoms with Crippen molar-refractivity contribution in [1.29, 1.82) is 0 Å². The van der Waals surface area contributed by atoms with Crippen LogP contribution in [0.1, 0.15) is 18.1 Å². The number of anilines is 1. The van der Waals surface area contributed by atoms with Crippen LogP contribution in [0.3, 0.4) is 0 Å². The first kappa shape index (κ1) is 14.8. The first-order valence-electron chi connectivity index (χ1n) is 6.05. The van der Waals surface area contributed by atoms with Gasteiger partial charge < -0.3 is 21.1 Å². The van der Waals surface area contributed by atoms with Crippen LogP contribution in [-0.2, 0) is 16.1 Å². The van der Waals surface area contributed by atoms with Crippen LogP contribution in [0, 0.1) is 6.92 Å². The van der Waals surface area contributed by atoms with Gasteiger partial charge in [0.1, 0.15) is 6.54 Å². The number of nitrogen functional groups attached to an aromatic ring is 1. The Hall–Kier alpha value is -2.24. The zero-order chi connectivity index (χ0) is 14.3. The van der Waals surface area contributed by atoms with Gasteiger partial charge in [-0.15, -0.1) is 0 Å². The van der Waals surface area contributed by atoms with Gasteiger partial charge in [-0.1, -0.05) is 12.1 Å². The lowest BCUT2D eigenvalue weighted by Gasteiger charge is -2.08. The Balaban J connectivity index is 2.33. The van der Waals surface area contributed by atoms with E-state index >= 15 is 0 Å². The summed E-state index contributed by atoms with van der Waals surface area (Å²) < 4.78 is 4.69. The van der Waals surface area contributed by atoms with Crippen molar-refractivity contribution >= 4 is 17.7 Å². The molecule has 0 aliphatic heterocycles. The molecule has 0 aliphatic rings. The van der Waals surface area contributed by atoms with E-state index in [9.17, 15) is 9.59 Å². The lowest BCUT2D eigenvalue weighted by Crippen LogP contribution is -2.38. The summed E-state index contributed by atoms with van der Waals surface area (Å²) in [6.45, 7) is 4.14. The number of hydrogen-bond donors (Lipinski definition) is 3. The van der Waals surface area contributed by atoms with Crippen LogP contribution in [0.4, 0.5) is 10.5 Å². The van der Waals surface area contributed by atoms with E-state index in [-0.39, 0.29) is 6.54 Å². The van der Waals surface area contributed by atoms with Crippen LogP contribution >= 0.6 is 0 Å². The fourth-order valence-electron chi connectivity index (χ4n) is 1.46. The zero-order valence-corrected chi connectivity index (χ0v) is 11.2. The summed E-state index contributed by atoms with van der Waals surface area (Å²) in [5, 5.41) is 5.06. The number of nitrogens with one attached hydrogen (secondary N) is 2. The average molecular weight is 265 g/mol. The molecule has 0 aromatic heterocycles. The Morgan fingerprint density at radius 1 is 1.32 bits per heavy atom. The summed E-state index contributed by atoms with van der Waals surface area (Å²) in [5.74, 6) is -0.457. The van der Waals surface area contributed by atoms with Gasteiger partial charge in [-0.2, -0.15) is 0 Å². The summed E-state index contributed by atoms with van der Waals surface area (Å²) in [6, 6.07) is 5.13. The third-order valence-corrected chi connectivity index (χ3v) is 2.49. The molecule has 0 unspecified atom stereocenters. The molecule has 6 nitrogen and oxygen atoms in total. The Bertz CT molecular complexity index is 460. The summed E-state index contributed by atoms with van der Waals surface area (Å²) in [4.78, 5) is 22.4. The van der Waals surface area contributed by atoms with Crippen LogP contribution in [0.2, 0.25) is 0 Å². The molecule has 0 heterocycles. The Morgan fingerprint density at radius 3 is 2.68 bits per heavy atom. The fourth-order valence-corrected chi connectivity index (χ4v) is 1.46. The molecule has 0 fully saturated rings. The third-order valence-electron chi connectivity index (χ3n) is 2.49. The van der Waals surface area contributed by atoms with Crippen molar-refractivity contribution in [3.05, 3.63) is 29.3 Å². The van der Waals surface area contributed by atoms with Crippen molar-refractivity contribution in [3.63, 3.8) is 0 Å². The van der Waals surface area contributed by atoms with Crippen LogP contribution in [0.25, 0.3) is 0 Å². The van der Waals surface area contributed by atoms with E-state index in [4.69, 9.17) is 5.73 Å². The molecule has 0 radical (unpaired) electrons. The minimum absolute atomic E-state index is 0.138. The number of carbonyl (C=O) groups is 2. The molecule has 0 aliphatic carbocycles. The van der Waals surface area contributed by atoms with E-state index in [1.807, 2.05) is 19.1 Å². The van der Waals surface area contributed by atoms with Crippen molar-refractivity contribution in [2.45, 2.75) is 20.4 Å². The van der Waals surface area contributed by atoms with E-state index in [1.165, 1.54) is 0 Å². The minimum Gasteiger partial charge on any atom is -0.465 e. The van der Waals surface area contributed by atoms with Gasteiger partial charge in [-0.3, -0.25) is 4.79 Å². The highest BCUT2D eigenvalue weighted by Crippen LogP contribution is 2.12. The molecule has 1 aromatic carbocycles. The molecule has 0 saturated heterocycles. The van der Waals surface area contributed by atoms with Gasteiger partial charge in [-0.05, 0) is 31.0 Å². The number of amides is 2. The topological polar surface area (TPSA) is 93.4 Å². The molecule has 1 aromatic rings. The van der Waals surface area contributed by atoms with Gasteiger partial charge in [-0.25, -0.2) is 4.79 Å². The standard InChI is InChI=1S/C13H19N3O3/c1-3-19-12(17)8-16-13(18)15-7-10-4-5-11(14)9(2)6-10/h4-6H,3,7-8,14H2,1-2H3,(H2,15,16,18). The monoisotopic (exact) mass is 265 g/mol. The molecule has 1 rings (SSSR count). The predicted octanol–water partition coefficient (Wildman–Crippen LogP) is 0.940. The largest absolute Gasteiger partial charge is 0.465 e. The Labute approximate surface area is 112 Å². The molecule has 0 saturated carbocycles. The summed E-state index contributed by atoms with van der Waals surface area (Å²) >= 11 is 0. The molecule has 104 valence electrons. The SMILES string of the molecule is CCOC(=O)CNC(=O)NCc1ccc(N)c(C)c1. The van der Waals surface area contributed by atoms with Crippen LogP contribution in [0.5, 0.6) is 0 Å². The lowest BCUT2D eigenvalue weighted by atomic mass is 10.1. The third kappa shape index (κ3) is 5.29. The Kier molecular flexibility index (Phi) is 5.66. The van der Waals surface area contributed by atoms with Gasteiger partial charge in [0.2, 0.25) is 0 Å². The number of rotatable bonds is 5. The molecule has 4 N–H and O–H groups in total.